The molecule has 136 valence electrons. The molecule has 0 N–H and O–H groups in total. The molecule has 0 spiro atoms. The van der Waals surface area contributed by atoms with Gasteiger partial charge in [-0.3, -0.25) is 9.36 Å². The van der Waals surface area contributed by atoms with Crippen LogP contribution in [-0.4, -0.2) is 26.2 Å². The monoisotopic (exact) mass is 378 g/mol. The van der Waals surface area contributed by atoms with E-state index in [1.807, 2.05) is 30.6 Å². The molecular formula is C20H18N4O2S. The first-order valence-electron chi connectivity index (χ1n) is 8.83. The third kappa shape index (κ3) is 2.57. The summed E-state index contributed by atoms with van der Waals surface area (Å²) in [5.74, 6) is 2.24. The van der Waals surface area contributed by atoms with E-state index in [1.54, 1.807) is 30.1 Å². The highest BCUT2D eigenvalue weighted by Crippen LogP contribution is 2.40. The molecule has 7 heteroatoms. The lowest BCUT2D eigenvalue weighted by Gasteiger charge is -2.11. The van der Waals surface area contributed by atoms with E-state index in [-0.39, 0.29) is 5.56 Å². The summed E-state index contributed by atoms with van der Waals surface area (Å²) in [4.78, 5) is 22.3. The van der Waals surface area contributed by atoms with Crippen LogP contribution in [0.3, 0.4) is 0 Å². The molecule has 3 heterocycles. The van der Waals surface area contributed by atoms with Gasteiger partial charge in [0.2, 0.25) is 0 Å². The summed E-state index contributed by atoms with van der Waals surface area (Å²) in [7, 11) is 3.61. The highest BCUT2D eigenvalue weighted by atomic mass is 32.1. The van der Waals surface area contributed by atoms with E-state index in [0.29, 0.717) is 22.2 Å². The van der Waals surface area contributed by atoms with Gasteiger partial charge in [0.1, 0.15) is 22.1 Å². The predicted octanol–water partition coefficient (Wildman–Crippen LogP) is 3.73. The standard InChI is InChI=1S/C20H18N4O2S/c1-23-15-11-13(5-6-14(15)22-18(23)12-3-4-12)24-9-7-16(26-2)17(20(24)25)19-21-8-10-27-19/h5-12H,3-4H2,1-2H3. The molecule has 0 atom stereocenters. The Balaban J connectivity index is 1.69. The lowest BCUT2D eigenvalue weighted by molar-refractivity contribution is 0.415. The molecule has 0 saturated heterocycles. The Morgan fingerprint density at radius 2 is 2.11 bits per heavy atom. The van der Waals surface area contributed by atoms with Gasteiger partial charge in [-0.1, -0.05) is 0 Å². The number of methoxy groups -OCH3 is 1. The van der Waals surface area contributed by atoms with Crippen LogP contribution in [0.1, 0.15) is 24.6 Å². The summed E-state index contributed by atoms with van der Waals surface area (Å²) in [5.41, 5.74) is 3.14. The number of thiazole rings is 1. The van der Waals surface area contributed by atoms with Crippen molar-refractivity contribution in [1.29, 1.82) is 0 Å². The smallest absolute Gasteiger partial charge is 0.269 e. The Hall–Kier alpha value is -2.93. The van der Waals surface area contributed by atoms with E-state index in [9.17, 15) is 4.79 Å². The first kappa shape index (κ1) is 16.3. The molecule has 0 radical (unpaired) electrons. The van der Waals surface area contributed by atoms with E-state index in [2.05, 4.69) is 9.55 Å². The molecule has 1 saturated carbocycles. The third-order valence-corrected chi connectivity index (χ3v) is 5.83. The second-order valence-electron chi connectivity index (χ2n) is 6.75. The molecule has 1 aliphatic rings. The summed E-state index contributed by atoms with van der Waals surface area (Å²) in [6.45, 7) is 0. The van der Waals surface area contributed by atoms with Gasteiger partial charge in [0, 0.05) is 30.7 Å². The van der Waals surface area contributed by atoms with Gasteiger partial charge in [-0.25, -0.2) is 9.97 Å². The number of ether oxygens (including phenoxy) is 1. The van der Waals surface area contributed by atoms with E-state index in [4.69, 9.17) is 9.72 Å². The van der Waals surface area contributed by atoms with E-state index in [1.165, 1.54) is 24.2 Å². The largest absolute Gasteiger partial charge is 0.496 e. The quantitative estimate of drug-likeness (QED) is 0.543. The van der Waals surface area contributed by atoms with E-state index >= 15 is 0 Å². The zero-order valence-corrected chi connectivity index (χ0v) is 15.9. The molecule has 1 fully saturated rings. The average molecular weight is 378 g/mol. The predicted molar refractivity (Wildman–Crippen MR) is 106 cm³/mol. The zero-order valence-electron chi connectivity index (χ0n) is 15.0. The summed E-state index contributed by atoms with van der Waals surface area (Å²) in [5, 5.41) is 2.51. The first-order chi connectivity index (χ1) is 13.2. The maximum Gasteiger partial charge on any atom is 0.269 e. The van der Waals surface area contributed by atoms with Crippen molar-refractivity contribution in [3.8, 4) is 22.0 Å². The van der Waals surface area contributed by atoms with Crippen molar-refractivity contribution in [1.82, 2.24) is 19.1 Å². The third-order valence-electron chi connectivity index (χ3n) is 5.04. The summed E-state index contributed by atoms with van der Waals surface area (Å²) in [6, 6.07) is 7.75. The van der Waals surface area contributed by atoms with Crippen LogP contribution in [-0.2, 0) is 7.05 Å². The van der Waals surface area contributed by atoms with Crippen molar-refractivity contribution in [2.75, 3.05) is 7.11 Å². The molecule has 27 heavy (non-hydrogen) atoms. The Labute approximate surface area is 159 Å². The van der Waals surface area contributed by atoms with Gasteiger partial charge in [0.15, 0.2) is 0 Å². The highest BCUT2D eigenvalue weighted by Gasteiger charge is 2.28. The van der Waals surface area contributed by atoms with Crippen LogP contribution in [0.5, 0.6) is 5.75 Å². The molecule has 3 aromatic heterocycles. The molecule has 4 aromatic rings. The number of benzene rings is 1. The summed E-state index contributed by atoms with van der Waals surface area (Å²) >= 11 is 1.42. The normalized spacial score (nSPS) is 14.0. The zero-order chi connectivity index (χ0) is 18.5. The number of hydrogen-bond acceptors (Lipinski definition) is 5. The van der Waals surface area contributed by atoms with Gasteiger partial charge in [0.25, 0.3) is 5.56 Å². The van der Waals surface area contributed by atoms with Gasteiger partial charge < -0.3 is 9.30 Å². The minimum absolute atomic E-state index is 0.145. The van der Waals surface area contributed by atoms with Crippen LogP contribution in [0, 0.1) is 0 Å². The maximum absolute atomic E-state index is 13.2. The molecule has 0 unspecified atom stereocenters. The average Bonchev–Trinajstić information content (AvgIpc) is 3.28. The van der Waals surface area contributed by atoms with Gasteiger partial charge >= 0.3 is 0 Å². The van der Waals surface area contributed by atoms with E-state index < -0.39 is 0 Å². The molecule has 0 aliphatic heterocycles. The maximum atomic E-state index is 13.2. The van der Waals surface area contributed by atoms with Gasteiger partial charge in [-0.05, 0) is 37.1 Å². The van der Waals surface area contributed by atoms with E-state index in [0.717, 1.165) is 22.5 Å². The van der Waals surface area contributed by atoms with Crippen molar-refractivity contribution in [2.24, 2.45) is 7.05 Å². The fraction of sp³-hybridized carbons (Fsp3) is 0.250. The van der Waals surface area contributed by atoms with Crippen molar-refractivity contribution in [3.05, 3.63) is 58.2 Å². The Morgan fingerprint density at radius 3 is 2.81 bits per heavy atom. The fourth-order valence-electron chi connectivity index (χ4n) is 3.49. The van der Waals surface area contributed by atoms with Crippen LogP contribution in [0.25, 0.3) is 27.3 Å². The van der Waals surface area contributed by atoms with Crippen molar-refractivity contribution >= 4 is 22.4 Å². The number of aryl methyl sites for hydroxylation is 1. The SMILES string of the molecule is COc1ccn(-c2ccc3nc(C4CC4)n(C)c3c2)c(=O)c1-c1nccs1. The second-order valence-corrected chi connectivity index (χ2v) is 7.64. The number of nitrogens with zero attached hydrogens (tertiary/aromatic N) is 4. The molecule has 0 bridgehead atoms. The van der Waals surface area contributed by atoms with Gasteiger partial charge in [-0.15, -0.1) is 11.3 Å². The second kappa shape index (κ2) is 6.06. The molecule has 0 amide bonds. The lowest BCUT2D eigenvalue weighted by atomic mass is 10.2. The van der Waals surface area contributed by atoms with Gasteiger partial charge in [0.05, 0.1) is 23.8 Å². The Morgan fingerprint density at radius 1 is 1.26 bits per heavy atom. The van der Waals surface area contributed by atoms with Crippen molar-refractivity contribution < 1.29 is 4.74 Å². The molecule has 1 aliphatic carbocycles. The molecule has 1 aromatic carbocycles. The highest BCUT2D eigenvalue weighted by molar-refractivity contribution is 7.13. The molecule has 6 nitrogen and oxygen atoms in total. The van der Waals surface area contributed by atoms with Crippen LogP contribution >= 0.6 is 11.3 Å². The van der Waals surface area contributed by atoms with Crippen molar-refractivity contribution in [2.45, 2.75) is 18.8 Å². The molecular weight excluding hydrogens is 360 g/mol. The van der Waals surface area contributed by atoms with Crippen LogP contribution < -0.4 is 10.3 Å². The van der Waals surface area contributed by atoms with Crippen molar-refractivity contribution in [3.63, 3.8) is 0 Å². The first-order valence-corrected chi connectivity index (χ1v) is 9.71. The minimum Gasteiger partial charge on any atom is -0.496 e. The number of rotatable bonds is 4. The Bertz CT molecular complexity index is 1200. The molecule has 5 rings (SSSR count). The minimum atomic E-state index is -0.145. The number of imidazole rings is 1. The number of aromatic nitrogens is 4. The topological polar surface area (TPSA) is 61.9 Å². The van der Waals surface area contributed by atoms with Crippen LogP contribution in [0.2, 0.25) is 0 Å². The summed E-state index contributed by atoms with van der Waals surface area (Å²) < 4.78 is 9.19. The van der Waals surface area contributed by atoms with Crippen LogP contribution in [0.4, 0.5) is 0 Å². The fourth-order valence-corrected chi connectivity index (χ4v) is 4.17. The number of fused-ring (bicyclic) bond motifs is 1. The number of hydrogen-bond donors (Lipinski definition) is 0. The Kier molecular flexibility index (Phi) is 3.65. The lowest BCUT2D eigenvalue weighted by Crippen LogP contribution is -2.20. The van der Waals surface area contributed by atoms with Gasteiger partial charge in [-0.2, -0.15) is 0 Å². The van der Waals surface area contributed by atoms with Crippen LogP contribution in [0.15, 0.2) is 46.8 Å². The summed E-state index contributed by atoms with van der Waals surface area (Å²) in [6.07, 6.45) is 5.85. The number of pyridine rings is 1.